The van der Waals surface area contributed by atoms with Crippen LogP contribution in [0.1, 0.15) is 37.7 Å². The smallest absolute Gasteiger partial charge is 0.230 e. The molecule has 25 heavy (non-hydrogen) atoms. The zero-order valence-electron chi connectivity index (χ0n) is 15.7. The first kappa shape index (κ1) is 18.4. The Labute approximate surface area is 152 Å². The van der Waals surface area contributed by atoms with Gasteiger partial charge in [0.15, 0.2) is 0 Å². The number of methoxy groups -OCH3 is 1. The van der Waals surface area contributed by atoms with Gasteiger partial charge in [0, 0.05) is 27.2 Å². The van der Waals surface area contributed by atoms with Crippen LogP contribution in [0.15, 0.2) is 30.3 Å². The van der Waals surface area contributed by atoms with Crippen LogP contribution in [0.5, 0.6) is 0 Å². The van der Waals surface area contributed by atoms with Crippen LogP contribution in [0.3, 0.4) is 0 Å². The molecule has 1 aromatic rings. The summed E-state index contributed by atoms with van der Waals surface area (Å²) >= 11 is 0. The van der Waals surface area contributed by atoms with Crippen molar-refractivity contribution < 1.29 is 9.53 Å². The van der Waals surface area contributed by atoms with Gasteiger partial charge < -0.3 is 9.64 Å². The lowest BCUT2D eigenvalue weighted by atomic mass is 9.68. The summed E-state index contributed by atoms with van der Waals surface area (Å²) in [6.07, 6.45) is 5.49. The molecule has 3 rings (SSSR count). The number of nitrogens with zero attached hydrogens (tertiary/aromatic N) is 2. The number of amides is 1. The number of carbonyl (C=O) groups is 1. The van der Waals surface area contributed by atoms with Crippen LogP contribution in [-0.2, 0) is 16.1 Å². The molecule has 1 saturated heterocycles. The van der Waals surface area contributed by atoms with Crippen molar-refractivity contribution in [1.82, 2.24) is 9.80 Å². The van der Waals surface area contributed by atoms with E-state index < -0.39 is 0 Å². The van der Waals surface area contributed by atoms with Crippen LogP contribution in [0, 0.1) is 11.3 Å². The average molecular weight is 344 g/mol. The first-order valence-electron chi connectivity index (χ1n) is 9.64. The van der Waals surface area contributed by atoms with Gasteiger partial charge in [-0.2, -0.15) is 0 Å². The topological polar surface area (TPSA) is 32.8 Å². The van der Waals surface area contributed by atoms with Crippen LogP contribution >= 0.6 is 0 Å². The lowest BCUT2D eigenvalue weighted by Gasteiger charge is -2.43. The van der Waals surface area contributed by atoms with Gasteiger partial charge in [0.2, 0.25) is 5.91 Å². The normalized spacial score (nSPS) is 20.9. The van der Waals surface area contributed by atoms with Gasteiger partial charge in [0.05, 0.1) is 12.0 Å². The van der Waals surface area contributed by atoms with Gasteiger partial charge in [0.25, 0.3) is 0 Å². The molecule has 0 N–H and O–H groups in total. The summed E-state index contributed by atoms with van der Waals surface area (Å²) in [5, 5.41) is 0. The Bertz CT molecular complexity index is 548. The third-order valence-corrected chi connectivity index (χ3v) is 6.02. The van der Waals surface area contributed by atoms with E-state index in [0.717, 1.165) is 45.4 Å². The second-order valence-electron chi connectivity index (χ2n) is 7.96. The summed E-state index contributed by atoms with van der Waals surface area (Å²) in [5.41, 5.74) is 1.16. The van der Waals surface area contributed by atoms with E-state index in [4.69, 9.17) is 4.74 Å². The van der Waals surface area contributed by atoms with Crippen molar-refractivity contribution in [3.63, 3.8) is 0 Å². The highest BCUT2D eigenvalue weighted by molar-refractivity contribution is 5.83. The van der Waals surface area contributed by atoms with Crippen molar-refractivity contribution in [2.75, 3.05) is 40.4 Å². The van der Waals surface area contributed by atoms with Crippen molar-refractivity contribution in [3.8, 4) is 0 Å². The maximum atomic E-state index is 12.9. The minimum atomic E-state index is -0.225. The monoisotopic (exact) mass is 344 g/mol. The number of carbonyl (C=O) groups excluding carboxylic acids is 1. The lowest BCUT2D eigenvalue weighted by Crippen LogP contribution is -2.50. The van der Waals surface area contributed by atoms with Crippen molar-refractivity contribution in [2.45, 2.75) is 38.6 Å². The average Bonchev–Trinajstić information content (AvgIpc) is 2.60. The van der Waals surface area contributed by atoms with E-state index in [1.54, 1.807) is 7.11 Å². The maximum Gasteiger partial charge on any atom is 0.230 e. The molecule has 4 nitrogen and oxygen atoms in total. The van der Waals surface area contributed by atoms with Crippen molar-refractivity contribution in [3.05, 3.63) is 35.9 Å². The van der Waals surface area contributed by atoms with Gasteiger partial charge in [-0.05, 0) is 50.3 Å². The molecule has 0 radical (unpaired) electrons. The summed E-state index contributed by atoms with van der Waals surface area (Å²) in [7, 11) is 3.68. The van der Waals surface area contributed by atoms with Crippen LogP contribution in [-0.4, -0.2) is 56.1 Å². The van der Waals surface area contributed by atoms with Gasteiger partial charge in [-0.15, -0.1) is 0 Å². The van der Waals surface area contributed by atoms with Crippen molar-refractivity contribution in [2.24, 2.45) is 11.3 Å². The summed E-state index contributed by atoms with van der Waals surface area (Å²) in [5.74, 6) is 0.924. The number of ether oxygens (including phenoxy) is 1. The molecule has 4 heteroatoms. The highest BCUT2D eigenvalue weighted by atomic mass is 16.5. The zero-order chi connectivity index (χ0) is 17.7. The predicted molar refractivity (Wildman–Crippen MR) is 100 cm³/mol. The highest BCUT2D eigenvalue weighted by Crippen LogP contribution is 2.42. The predicted octanol–water partition coefficient (Wildman–Crippen LogP) is 3.17. The Hall–Kier alpha value is -1.39. The maximum absolute atomic E-state index is 12.9. The Kier molecular flexibility index (Phi) is 6.13. The van der Waals surface area contributed by atoms with Gasteiger partial charge in [-0.3, -0.25) is 9.69 Å². The largest absolute Gasteiger partial charge is 0.384 e. The van der Waals surface area contributed by atoms with Crippen LogP contribution in [0.4, 0.5) is 0 Å². The van der Waals surface area contributed by atoms with E-state index in [2.05, 4.69) is 35.2 Å². The first-order valence-corrected chi connectivity index (χ1v) is 9.64. The summed E-state index contributed by atoms with van der Waals surface area (Å²) in [6, 6.07) is 10.7. The van der Waals surface area contributed by atoms with E-state index in [9.17, 15) is 4.79 Å². The van der Waals surface area contributed by atoms with Gasteiger partial charge in [-0.1, -0.05) is 36.8 Å². The standard InChI is InChI=1S/C21H32N2O2/c1-22(20(24)21(17-25-2)11-6-12-21)15-19-9-13-23(14-10-19)16-18-7-4-3-5-8-18/h3-5,7-8,19H,6,9-17H2,1-2H3. The van der Waals surface area contributed by atoms with E-state index in [0.29, 0.717) is 18.4 Å². The van der Waals surface area contributed by atoms with Gasteiger partial charge in [-0.25, -0.2) is 0 Å². The molecule has 1 saturated carbocycles. The number of rotatable bonds is 7. The molecule has 2 fully saturated rings. The quantitative estimate of drug-likeness (QED) is 0.762. The van der Waals surface area contributed by atoms with E-state index in [1.807, 2.05) is 11.9 Å². The number of hydrogen-bond donors (Lipinski definition) is 0. The summed E-state index contributed by atoms with van der Waals surface area (Å²) in [4.78, 5) is 17.4. The lowest BCUT2D eigenvalue weighted by molar-refractivity contribution is -0.151. The molecule has 1 aromatic carbocycles. The van der Waals surface area contributed by atoms with Crippen LogP contribution in [0.25, 0.3) is 0 Å². The van der Waals surface area contributed by atoms with E-state index >= 15 is 0 Å². The first-order chi connectivity index (χ1) is 12.1. The molecule has 0 bridgehead atoms. The summed E-state index contributed by atoms with van der Waals surface area (Å²) in [6.45, 7) is 4.77. The number of piperidine rings is 1. The Balaban J connectivity index is 1.44. The molecule has 1 amide bonds. The minimum Gasteiger partial charge on any atom is -0.384 e. The van der Waals surface area contributed by atoms with Crippen molar-refractivity contribution >= 4 is 5.91 Å². The molecule has 0 unspecified atom stereocenters. The molecular formula is C21H32N2O2. The minimum absolute atomic E-state index is 0.225. The SMILES string of the molecule is COCC1(C(=O)N(C)CC2CCN(Cc3ccccc3)CC2)CCC1. The molecule has 1 aliphatic carbocycles. The Morgan fingerprint density at radius 1 is 1.24 bits per heavy atom. The van der Waals surface area contributed by atoms with Crippen LogP contribution in [0.2, 0.25) is 0 Å². The molecule has 0 aromatic heterocycles. The van der Waals surface area contributed by atoms with Gasteiger partial charge in [0.1, 0.15) is 0 Å². The molecular weight excluding hydrogens is 312 g/mol. The molecule has 138 valence electrons. The Morgan fingerprint density at radius 3 is 2.48 bits per heavy atom. The van der Waals surface area contributed by atoms with Crippen LogP contribution < -0.4 is 0 Å². The third-order valence-electron chi connectivity index (χ3n) is 6.02. The fourth-order valence-corrected chi connectivity index (χ4v) is 4.34. The van der Waals surface area contributed by atoms with E-state index in [1.165, 1.54) is 18.4 Å². The highest BCUT2D eigenvalue weighted by Gasteiger charge is 2.45. The molecule has 2 aliphatic rings. The third kappa shape index (κ3) is 4.42. The number of likely N-dealkylation sites (tertiary alicyclic amines) is 1. The molecule has 0 spiro atoms. The molecule has 0 atom stereocenters. The van der Waals surface area contributed by atoms with Gasteiger partial charge >= 0.3 is 0 Å². The summed E-state index contributed by atoms with van der Waals surface area (Å²) < 4.78 is 5.33. The fourth-order valence-electron chi connectivity index (χ4n) is 4.34. The Morgan fingerprint density at radius 2 is 1.92 bits per heavy atom. The number of benzene rings is 1. The van der Waals surface area contributed by atoms with Crippen molar-refractivity contribution in [1.29, 1.82) is 0 Å². The fraction of sp³-hybridized carbons (Fsp3) is 0.667. The molecule has 1 aliphatic heterocycles. The second kappa shape index (κ2) is 8.33. The second-order valence-corrected chi connectivity index (χ2v) is 7.96. The number of hydrogen-bond acceptors (Lipinski definition) is 3. The van der Waals surface area contributed by atoms with E-state index in [-0.39, 0.29) is 5.41 Å². The zero-order valence-corrected chi connectivity index (χ0v) is 15.7. The molecule has 1 heterocycles.